The second kappa shape index (κ2) is 58.0. The van der Waals surface area contributed by atoms with Crippen LogP contribution < -0.4 is 12.3 Å². The van der Waals surface area contributed by atoms with Crippen LogP contribution in [0.25, 0.3) is 0 Å². The van der Waals surface area contributed by atoms with Gasteiger partial charge in [-0.05, 0) is 63.2 Å². The topological polar surface area (TPSA) is 70.0 Å². The fraction of sp³-hybridized carbons (Fsp3) is 0.968. The average molecular weight is 918 g/mol. The Balaban J connectivity index is -0.0000192. The molecule has 0 amide bonds. The van der Waals surface area contributed by atoms with Crippen LogP contribution in [0.2, 0.25) is 0 Å². The number of unbranched alkanes of at least 4 members (excludes halogenated alkanes) is 42. The van der Waals surface area contributed by atoms with Crippen molar-refractivity contribution in [3.63, 3.8) is 0 Å². The highest BCUT2D eigenvalue weighted by molar-refractivity contribution is 5.23. The van der Waals surface area contributed by atoms with Crippen molar-refractivity contribution >= 4 is 0 Å². The van der Waals surface area contributed by atoms with Gasteiger partial charge in [0.15, 0.2) is 0 Å². The summed E-state index contributed by atoms with van der Waals surface area (Å²) in [5.41, 5.74) is 4.62. The molecule has 0 fully saturated rings. The lowest BCUT2D eigenvalue weighted by atomic mass is 9.65. The molecule has 0 rings (SSSR count). The molecule has 0 saturated carbocycles. The minimum atomic E-state index is 0. The first-order valence-corrected chi connectivity index (χ1v) is 30.9. The normalized spacial score (nSPS) is 11.5. The summed E-state index contributed by atoms with van der Waals surface area (Å²) in [6, 6.07) is 0. The molecule has 0 aromatic carbocycles. The van der Waals surface area contributed by atoms with Gasteiger partial charge in [-0.3, -0.25) is 0 Å². The molecule has 0 bridgehead atoms. The first kappa shape index (κ1) is 68.9. The van der Waals surface area contributed by atoms with Crippen molar-refractivity contribution in [3.05, 3.63) is 11.1 Å². The van der Waals surface area contributed by atoms with E-state index in [1.807, 2.05) is 5.57 Å². The first-order chi connectivity index (χ1) is 31.2. The van der Waals surface area contributed by atoms with E-state index < -0.39 is 0 Å². The van der Waals surface area contributed by atoms with Crippen molar-refractivity contribution in [2.75, 3.05) is 0 Å². The molecule has 394 valence electrons. The van der Waals surface area contributed by atoms with Gasteiger partial charge in [0.1, 0.15) is 0 Å². The van der Waals surface area contributed by atoms with Gasteiger partial charge in [-0.2, -0.15) is 0 Å². The molecule has 0 aliphatic rings. The molecule has 0 atom stereocenters. The molecule has 0 saturated heterocycles. The van der Waals surface area contributed by atoms with E-state index >= 15 is 0 Å². The summed E-state index contributed by atoms with van der Waals surface area (Å²) in [5.74, 6) is 0. The van der Waals surface area contributed by atoms with Crippen LogP contribution >= 0.6 is 0 Å². The van der Waals surface area contributed by atoms with Crippen LogP contribution in [0, 0.1) is 5.41 Å². The standard InChI is InChI=1S/C63H126.2H3N/c1-7-13-19-25-31-37-43-49-55-61(56-50-44-38-32-26-20-14-8-2)62(57-51-45-39-33-27-21-15-9-3)63(58-52-46-40-34-28-22-16-10-4,59-53-47-41-35-29-23-17-11-5)60-54-48-42-36-30-24-18-12-6;;/h7-60H2,1-6H3;2*1H3. The van der Waals surface area contributed by atoms with Crippen molar-refractivity contribution in [2.45, 2.75) is 388 Å². The third kappa shape index (κ3) is 45.8. The van der Waals surface area contributed by atoms with Gasteiger partial charge in [0.2, 0.25) is 0 Å². The predicted octanol–water partition coefficient (Wildman–Crippen LogP) is 24.8. The number of rotatable bonds is 55. The minimum Gasteiger partial charge on any atom is -0.344 e. The van der Waals surface area contributed by atoms with E-state index in [1.54, 1.807) is 0 Å². The van der Waals surface area contributed by atoms with E-state index in [-0.39, 0.29) is 12.3 Å². The zero-order valence-corrected chi connectivity index (χ0v) is 47.1. The molecule has 6 N–H and O–H groups in total. The third-order valence-electron chi connectivity index (χ3n) is 15.5. The van der Waals surface area contributed by atoms with Crippen LogP contribution in [0.15, 0.2) is 11.1 Å². The Morgan fingerprint density at radius 3 is 0.585 bits per heavy atom. The fourth-order valence-electron chi connectivity index (χ4n) is 11.2. The molecule has 0 aliphatic carbocycles. The van der Waals surface area contributed by atoms with Crippen LogP contribution in [0.3, 0.4) is 0 Å². The first-order valence-electron chi connectivity index (χ1n) is 30.9. The summed E-state index contributed by atoms with van der Waals surface area (Å²) in [4.78, 5) is 0. The summed E-state index contributed by atoms with van der Waals surface area (Å²) in [7, 11) is 0. The summed E-state index contributed by atoms with van der Waals surface area (Å²) in [6.07, 6.45) is 78.8. The van der Waals surface area contributed by atoms with Crippen LogP contribution in [0.4, 0.5) is 0 Å². The highest BCUT2D eigenvalue weighted by Gasteiger charge is 2.34. The van der Waals surface area contributed by atoms with Gasteiger partial charge in [0.05, 0.1) is 0 Å². The van der Waals surface area contributed by atoms with E-state index in [0.717, 1.165) is 0 Å². The molecule has 2 heteroatoms. The van der Waals surface area contributed by atoms with E-state index in [4.69, 9.17) is 0 Å². The molecule has 0 aromatic rings. The van der Waals surface area contributed by atoms with E-state index in [2.05, 4.69) is 47.1 Å². The molecular formula is C63H132N2. The lowest BCUT2D eigenvalue weighted by Gasteiger charge is -2.40. The molecule has 65 heavy (non-hydrogen) atoms. The van der Waals surface area contributed by atoms with E-state index in [9.17, 15) is 0 Å². The predicted molar refractivity (Wildman–Crippen MR) is 303 cm³/mol. The molecule has 0 spiro atoms. The highest BCUT2D eigenvalue weighted by Crippen LogP contribution is 2.49. The molecule has 0 aromatic heterocycles. The van der Waals surface area contributed by atoms with Crippen LogP contribution in [-0.2, 0) is 0 Å². The van der Waals surface area contributed by atoms with Crippen molar-refractivity contribution in [1.82, 2.24) is 12.3 Å². The largest absolute Gasteiger partial charge is 0.344 e. The maximum atomic E-state index is 2.37. The Morgan fingerprint density at radius 2 is 0.369 bits per heavy atom. The zero-order chi connectivity index (χ0) is 45.8. The third-order valence-corrected chi connectivity index (χ3v) is 15.5. The Bertz CT molecular complexity index is 804. The van der Waals surface area contributed by atoms with Crippen LogP contribution in [0.1, 0.15) is 388 Å². The number of allylic oxidation sites excluding steroid dienone is 2. The van der Waals surface area contributed by atoms with Crippen LogP contribution in [-0.4, -0.2) is 0 Å². The average Bonchev–Trinajstić information content (AvgIpc) is 3.29. The maximum Gasteiger partial charge on any atom is -0.00854 e. The molecule has 0 heterocycles. The minimum absolute atomic E-state index is 0. The molecular weight excluding hydrogens is 785 g/mol. The van der Waals surface area contributed by atoms with Gasteiger partial charge >= 0.3 is 0 Å². The van der Waals surface area contributed by atoms with Crippen molar-refractivity contribution in [1.29, 1.82) is 0 Å². The molecule has 0 unspecified atom stereocenters. The summed E-state index contributed by atoms with van der Waals surface area (Å²) in [6.45, 7) is 14.2. The molecule has 0 aliphatic heterocycles. The SMILES string of the molecule is CCCCCCCCCCC(CCCCCCCCCC)=C(CCCCCCCCCC)C(CCCCCCCCCC)(CCCCCCCCCC)CCCCCCCCCC.N.N. The zero-order valence-electron chi connectivity index (χ0n) is 47.1. The summed E-state index contributed by atoms with van der Waals surface area (Å²) >= 11 is 0. The quantitative estimate of drug-likeness (QED) is 0.0471. The van der Waals surface area contributed by atoms with E-state index in [1.165, 1.54) is 347 Å². The Morgan fingerprint density at radius 1 is 0.200 bits per heavy atom. The second-order valence-corrected chi connectivity index (χ2v) is 21.7. The highest BCUT2D eigenvalue weighted by atomic mass is 14.4. The summed E-state index contributed by atoms with van der Waals surface area (Å²) in [5, 5.41) is 0. The van der Waals surface area contributed by atoms with Gasteiger partial charge in [0, 0.05) is 0 Å². The van der Waals surface area contributed by atoms with Gasteiger partial charge in [-0.15, -0.1) is 0 Å². The van der Waals surface area contributed by atoms with Gasteiger partial charge in [-0.1, -0.05) is 342 Å². The lowest BCUT2D eigenvalue weighted by molar-refractivity contribution is 0.233. The molecule has 0 radical (unpaired) electrons. The number of hydrogen-bond acceptors (Lipinski definition) is 2. The van der Waals surface area contributed by atoms with Crippen molar-refractivity contribution in [2.24, 2.45) is 5.41 Å². The lowest BCUT2D eigenvalue weighted by Crippen LogP contribution is -2.26. The fourth-order valence-corrected chi connectivity index (χ4v) is 11.2. The van der Waals surface area contributed by atoms with E-state index in [0.29, 0.717) is 5.41 Å². The Hall–Kier alpha value is -0.340. The van der Waals surface area contributed by atoms with Crippen LogP contribution in [0.5, 0.6) is 0 Å². The van der Waals surface area contributed by atoms with Crippen molar-refractivity contribution < 1.29 is 0 Å². The smallest absolute Gasteiger partial charge is 0.00854 e. The maximum absolute atomic E-state index is 2.37. The van der Waals surface area contributed by atoms with Gasteiger partial charge < -0.3 is 12.3 Å². The molecule has 2 nitrogen and oxygen atoms in total. The Kier molecular flexibility index (Phi) is 61.5. The van der Waals surface area contributed by atoms with Crippen molar-refractivity contribution in [3.8, 4) is 0 Å². The second-order valence-electron chi connectivity index (χ2n) is 21.7. The monoisotopic (exact) mass is 917 g/mol. The number of hydrogen-bond donors (Lipinski definition) is 2. The van der Waals surface area contributed by atoms with Gasteiger partial charge in [-0.25, -0.2) is 0 Å². The summed E-state index contributed by atoms with van der Waals surface area (Å²) < 4.78 is 0. The van der Waals surface area contributed by atoms with Gasteiger partial charge in [0.25, 0.3) is 0 Å². The Labute approximate surface area is 415 Å².